The van der Waals surface area contributed by atoms with E-state index in [1.54, 1.807) is 6.07 Å². The molecule has 1 aromatic carbocycles. The maximum Gasteiger partial charge on any atom is 0.327 e. The van der Waals surface area contributed by atoms with Gasteiger partial charge in [-0.05, 0) is 32.3 Å². The molecule has 1 saturated heterocycles. The molecular weight excluding hydrogens is 454 g/mol. The van der Waals surface area contributed by atoms with E-state index in [1.807, 2.05) is 53.6 Å². The molecule has 0 radical (unpaired) electrons. The number of imidazole rings is 1. The molecular formula is C27H29N7O2. The standard InChI is InChI=1S/C27H29N7O2/c1-16-8-11-28-26-24(16)34(27(36)31-26)18-9-12-33(13-10-18)22-14-20(29-15-30-22)25(35)23-17(2)32(3)21-7-5-4-6-19(21)23/h4-7,11,14-16,18H,8-10,12-13H2,1-3H3,(H,31,36). The number of anilines is 1. The third kappa shape index (κ3) is 3.49. The fourth-order valence-electron chi connectivity index (χ4n) is 5.73. The minimum absolute atomic E-state index is 0.0790. The molecule has 9 heteroatoms. The number of aryl methyl sites for hydroxylation is 1. The molecule has 1 atom stereocenters. The average molecular weight is 484 g/mol. The van der Waals surface area contributed by atoms with Gasteiger partial charge in [-0.1, -0.05) is 25.1 Å². The number of benzene rings is 1. The zero-order valence-electron chi connectivity index (χ0n) is 20.7. The van der Waals surface area contributed by atoms with Crippen LogP contribution in [0.1, 0.15) is 65.6 Å². The van der Waals surface area contributed by atoms with Crippen molar-refractivity contribution >= 4 is 34.5 Å². The highest BCUT2D eigenvalue weighted by molar-refractivity contribution is 6.16. The number of ketones is 1. The van der Waals surface area contributed by atoms with Gasteiger partial charge in [-0.3, -0.25) is 14.3 Å². The van der Waals surface area contributed by atoms with Crippen LogP contribution < -0.4 is 10.6 Å². The van der Waals surface area contributed by atoms with Gasteiger partial charge in [0.1, 0.15) is 17.8 Å². The molecule has 184 valence electrons. The average Bonchev–Trinajstić information content (AvgIpc) is 3.37. The van der Waals surface area contributed by atoms with Gasteiger partial charge in [-0.2, -0.15) is 0 Å². The topological polar surface area (TPSA) is 101 Å². The number of para-hydroxylation sites is 1. The van der Waals surface area contributed by atoms with Crippen molar-refractivity contribution in [1.29, 1.82) is 0 Å². The summed E-state index contributed by atoms with van der Waals surface area (Å²) in [5.41, 5.74) is 3.96. The van der Waals surface area contributed by atoms with Crippen molar-refractivity contribution in [2.24, 2.45) is 12.0 Å². The van der Waals surface area contributed by atoms with Gasteiger partial charge in [0, 0.05) is 61.0 Å². The smallest absolute Gasteiger partial charge is 0.327 e. The Balaban J connectivity index is 1.24. The molecule has 0 saturated carbocycles. The summed E-state index contributed by atoms with van der Waals surface area (Å²) in [6, 6.07) is 9.85. The number of H-pyrrole nitrogens is 1. The molecule has 6 rings (SSSR count). The predicted octanol–water partition coefficient (Wildman–Crippen LogP) is 4.05. The van der Waals surface area contributed by atoms with Crippen LogP contribution in [0.2, 0.25) is 0 Å². The number of piperidine rings is 1. The van der Waals surface area contributed by atoms with Crippen LogP contribution in [0.3, 0.4) is 0 Å². The Kier molecular flexibility index (Phi) is 5.35. The number of rotatable bonds is 4. The summed E-state index contributed by atoms with van der Waals surface area (Å²) in [5, 5.41) is 0.933. The number of aliphatic imine (C=N–C) groups is 1. The first-order chi connectivity index (χ1) is 17.4. The van der Waals surface area contributed by atoms with Gasteiger partial charge < -0.3 is 9.47 Å². The van der Waals surface area contributed by atoms with Crippen LogP contribution in [-0.2, 0) is 7.05 Å². The van der Waals surface area contributed by atoms with Crippen LogP contribution >= 0.6 is 0 Å². The summed E-state index contributed by atoms with van der Waals surface area (Å²) >= 11 is 0. The number of nitrogens with zero attached hydrogens (tertiary/aromatic N) is 6. The Morgan fingerprint density at radius 2 is 1.92 bits per heavy atom. The van der Waals surface area contributed by atoms with Crippen molar-refractivity contribution in [3.63, 3.8) is 0 Å². The minimum Gasteiger partial charge on any atom is -0.356 e. The van der Waals surface area contributed by atoms with E-state index in [1.165, 1.54) is 6.33 Å². The van der Waals surface area contributed by atoms with Gasteiger partial charge in [0.05, 0.1) is 11.3 Å². The zero-order valence-corrected chi connectivity index (χ0v) is 20.7. The second-order valence-corrected chi connectivity index (χ2v) is 9.83. The van der Waals surface area contributed by atoms with Crippen molar-refractivity contribution in [3.8, 4) is 0 Å². The number of carbonyl (C=O) groups is 1. The fraction of sp³-hybridized carbons (Fsp3) is 0.370. The quantitative estimate of drug-likeness (QED) is 0.442. The maximum atomic E-state index is 13.6. The summed E-state index contributed by atoms with van der Waals surface area (Å²) in [6.45, 7) is 5.59. The van der Waals surface area contributed by atoms with Crippen molar-refractivity contribution in [2.75, 3.05) is 18.0 Å². The molecule has 1 unspecified atom stereocenters. The highest BCUT2D eigenvalue weighted by atomic mass is 16.1. The third-order valence-electron chi connectivity index (χ3n) is 7.76. The molecule has 9 nitrogen and oxygen atoms in total. The summed E-state index contributed by atoms with van der Waals surface area (Å²) in [5.74, 6) is 1.61. The predicted molar refractivity (Wildman–Crippen MR) is 140 cm³/mol. The molecule has 0 aliphatic carbocycles. The summed E-state index contributed by atoms with van der Waals surface area (Å²) in [7, 11) is 1.98. The van der Waals surface area contributed by atoms with Crippen molar-refractivity contribution in [2.45, 2.75) is 45.1 Å². The first-order valence-electron chi connectivity index (χ1n) is 12.5. The van der Waals surface area contributed by atoms with E-state index < -0.39 is 0 Å². The zero-order chi connectivity index (χ0) is 25.0. The first kappa shape index (κ1) is 22.5. The Labute approximate surface area is 208 Å². The molecule has 0 bridgehead atoms. The summed E-state index contributed by atoms with van der Waals surface area (Å²) in [6.07, 6.45) is 5.83. The van der Waals surface area contributed by atoms with Crippen molar-refractivity contribution in [1.82, 2.24) is 24.1 Å². The van der Waals surface area contributed by atoms with E-state index >= 15 is 0 Å². The molecule has 0 amide bonds. The molecule has 1 N–H and O–H groups in total. The highest BCUT2D eigenvalue weighted by Crippen LogP contribution is 2.35. The number of hydrogen-bond donors (Lipinski definition) is 1. The second kappa shape index (κ2) is 8.58. The monoisotopic (exact) mass is 483 g/mol. The fourth-order valence-corrected chi connectivity index (χ4v) is 5.73. The number of aromatic amines is 1. The first-order valence-corrected chi connectivity index (χ1v) is 12.5. The van der Waals surface area contributed by atoms with Crippen LogP contribution in [0.5, 0.6) is 0 Å². The molecule has 4 aromatic rings. The Morgan fingerprint density at radius 1 is 1.14 bits per heavy atom. The minimum atomic E-state index is -0.0946. The van der Waals surface area contributed by atoms with Crippen LogP contribution in [0, 0.1) is 6.92 Å². The van der Waals surface area contributed by atoms with E-state index in [0.29, 0.717) is 17.1 Å². The Hall–Kier alpha value is -4.01. The van der Waals surface area contributed by atoms with Gasteiger partial charge in [0.2, 0.25) is 5.78 Å². The van der Waals surface area contributed by atoms with E-state index in [-0.39, 0.29) is 23.4 Å². The number of hydrogen-bond acceptors (Lipinski definition) is 6. The molecule has 36 heavy (non-hydrogen) atoms. The number of carbonyl (C=O) groups excluding carboxylic acids is 1. The lowest BCUT2D eigenvalue weighted by molar-refractivity contribution is 0.103. The lowest BCUT2D eigenvalue weighted by atomic mass is 9.99. The van der Waals surface area contributed by atoms with Crippen LogP contribution in [0.4, 0.5) is 11.6 Å². The summed E-state index contributed by atoms with van der Waals surface area (Å²) < 4.78 is 3.97. The lowest BCUT2D eigenvalue weighted by Gasteiger charge is -2.34. The second-order valence-electron chi connectivity index (χ2n) is 9.83. The Morgan fingerprint density at radius 3 is 2.72 bits per heavy atom. The van der Waals surface area contributed by atoms with Crippen LogP contribution in [-0.4, -0.2) is 49.2 Å². The van der Waals surface area contributed by atoms with E-state index in [2.05, 4.69) is 31.8 Å². The van der Waals surface area contributed by atoms with Crippen molar-refractivity contribution < 1.29 is 4.79 Å². The van der Waals surface area contributed by atoms with Crippen molar-refractivity contribution in [3.05, 3.63) is 69.8 Å². The van der Waals surface area contributed by atoms with Gasteiger partial charge in [-0.25, -0.2) is 19.8 Å². The van der Waals surface area contributed by atoms with Gasteiger partial charge in [0.25, 0.3) is 0 Å². The maximum absolute atomic E-state index is 13.6. The third-order valence-corrected chi connectivity index (χ3v) is 7.76. The molecule has 1 fully saturated rings. The summed E-state index contributed by atoms with van der Waals surface area (Å²) in [4.78, 5) is 44.6. The SMILES string of the molecule is Cc1c(C(=O)c2cc(N3CCC(n4c5c([nH]c4=O)N=CCC5C)CC3)ncn2)c2ccccc2n1C. The van der Waals surface area contributed by atoms with Crippen LogP contribution in [0.25, 0.3) is 10.9 Å². The van der Waals surface area contributed by atoms with Gasteiger partial charge in [0.15, 0.2) is 5.82 Å². The number of fused-ring (bicyclic) bond motifs is 2. The lowest BCUT2D eigenvalue weighted by Crippen LogP contribution is -2.38. The van der Waals surface area contributed by atoms with E-state index in [0.717, 1.165) is 60.5 Å². The van der Waals surface area contributed by atoms with E-state index in [4.69, 9.17) is 0 Å². The highest BCUT2D eigenvalue weighted by Gasteiger charge is 2.30. The van der Waals surface area contributed by atoms with Gasteiger partial charge in [-0.15, -0.1) is 0 Å². The molecule has 2 aliphatic rings. The van der Waals surface area contributed by atoms with Crippen LogP contribution in [0.15, 0.2) is 46.4 Å². The normalized spacial score (nSPS) is 18.1. The molecule has 3 aromatic heterocycles. The molecule has 5 heterocycles. The van der Waals surface area contributed by atoms with Gasteiger partial charge >= 0.3 is 5.69 Å². The molecule has 0 spiro atoms. The number of nitrogens with one attached hydrogen (secondary N) is 1. The molecule has 2 aliphatic heterocycles. The van der Waals surface area contributed by atoms with E-state index in [9.17, 15) is 9.59 Å². The number of aromatic nitrogens is 5. The Bertz CT molecular complexity index is 1570. The largest absolute Gasteiger partial charge is 0.356 e.